The number of halogens is 1. The number of benzene rings is 1. The summed E-state index contributed by atoms with van der Waals surface area (Å²) in [5, 5.41) is 14.3. The van der Waals surface area contributed by atoms with Gasteiger partial charge in [0.2, 0.25) is 0 Å². The molecule has 1 fully saturated rings. The minimum absolute atomic E-state index is 0.202. The quantitative estimate of drug-likeness (QED) is 0.466. The SMILES string of the molecule is CN(Cc1cnn(C)c1)C(=O)c1ccc(-c2cnc(N3CCN(C(=O)OC(C)(C)C)CC3)c(C#N)c2)cc1Cl. The molecule has 0 atom stereocenters. The third-order valence-corrected chi connectivity index (χ3v) is 6.59. The van der Waals surface area contributed by atoms with Gasteiger partial charge < -0.3 is 19.4 Å². The zero-order chi connectivity index (χ0) is 28.3. The van der Waals surface area contributed by atoms with Gasteiger partial charge in [-0.2, -0.15) is 10.4 Å². The van der Waals surface area contributed by atoms with Gasteiger partial charge >= 0.3 is 6.09 Å². The average molecular weight is 550 g/mol. The Morgan fingerprint density at radius 1 is 1.13 bits per heavy atom. The number of carbonyl (C=O) groups is 2. The Morgan fingerprint density at radius 3 is 2.44 bits per heavy atom. The summed E-state index contributed by atoms with van der Waals surface area (Å²) in [4.78, 5) is 35.2. The van der Waals surface area contributed by atoms with E-state index >= 15 is 0 Å². The van der Waals surface area contributed by atoms with Gasteiger partial charge in [-0.25, -0.2) is 9.78 Å². The molecule has 39 heavy (non-hydrogen) atoms. The molecule has 0 spiro atoms. The molecule has 0 unspecified atom stereocenters. The summed E-state index contributed by atoms with van der Waals surface area (Å²) < 4.78 is 7.15. The summed E-state index contributed by atoms with van der Waals surface area (Å²) >= 11 is 6.53. The maximum atomic E-state index is 13.0. The maximum absolute atomic E-state index is 13.0. The lowest BCUT2D eigenvalue weighted by atomic mass is 10.0. The summed E-state index contributed by atoms with van der Waals surface area (Å²) in [6.07, 6.45) is 4.93. The second kappa shape index (κ2) is 11.3. The van der Waals surface area contributed by atoms with Crippen LogP contribution in [-0.2, 0) is 18.3 Å². The number of hydrogen-bond donors (Lipinski definition) is 0. The maximum Gasteiger partial charge on any atom is 0.410 e. The monoisotopic (exact) mass is 549 g/mol. The lowest BCUT2D eigenvalue weighted by Gasteiger charge is -2.36. The number of anilines is 1. The minimum Gasteiger partial charge on any atom is -0.444 e. The van der Waals surface area contributed by atoms with Crippen LogP contribution >= 0.6 is 11.6 Å². The van der Waals surface area contributed by atoms with Crippen LogP contribution in [0.3, 0.4) is 0 Å². The zero-order valence-electron chi connectivity index (χ0n) is 22.8. The van der Waals surface area contributed by atoms with E-state index in [0.29, 0.717) is 60.3 Å². The highest BCUT2D eigenvalue weighted by atomic mass is 35.5. The molecule has 1 saturated heterocycles. The number of ether oxygens (including phenoxy) is 1. The smallest absolute Gasteiger partial charge is 0.410 e. The van der Waals surface area contributed by atoms with Crippen molar-refractivity contribution in [2.45, 2.75) is 32.9 Å². The van der Waals surface area contributed by atoms with E-state index in [1.165, 1.54) is 0 Å². The van der Waals surface area contributed by atoms with Crippen LogP contribution in [0.15, 0.2) is 42.9 Å². The van der Waals surface area contributed by atoms with Crippen molar-refractivity contribution in [3.05, 3.63) is 64.6 Å². The van der Waals surface area contributed by atoms with Gasteiger partial charge in [-0.15, -0.1) is 0 Å². The van der Waals surface area contributed by atoms with E-state index in [1.807, 2.05) is 38.9 Å². The molecule has 4 rings (SSSR count). The molecule has 1 aliphatic heterocycles. The van der Waals surface area contributed by atoms with Gasteiger partial charge in [-0.3, -0.25) is 9.48 Å². The van der Waals surface area contributed by atoms with Crippen LogP contribution in [-0.4, -0.2) is 75.4 Å². The first-order chi connectivity index (χ1) is 18.4. The van der Waals surface area contributed by atoms with Crippen molar-refractivity contribution in [1.29, 1.82) is 5.26 Å². The lowest BCUT2D eigenvalue weighted by molar-refractivity contribution is 0.0240. The predicted molar refractivity (Wildman–Crippen MR) is 148 cm³/mol. The third kappa shape index (κ3) is 6.67. The number of rotatable bonds is 5. The summed E-state index contributed by atoms with van der Waals surface area (Å²) in [6.45, 7) is 7.96. The van der Waals surface area contributed by atoms with E-state index in [9.17, 15) is 14.9 Å². The van der Waals surface area contributed by atoms with Crippen LogP contribution in [0.5, 0.6) is 0 Å². The van der Waals surface area contributed by atoms with Crippen molar-refractivity contribution in [2.24, 2.45) is 7.05 Å². The molecule has 0 bridgehead atoms. The van der Waals surface area contributed by atoms with E-state index in [1.54, 1.807) is 58.2 Å². The Labute approximate surface area is 233 Å². The van der Waals surface area contributed by atoms with E-state index in [-0.39, 0.29) is 12.0 Å². The molecule has 2 aromatic heterocycles. The Balaban J connectivity index is 1.46. The van der Waals surface area contributed by atoms with Gasteiger partial charge in [0, 0.05) is 70.3 Å². The molecule has 1 aliphatic rings. The van der Waals surface area contributed by atoms with Crippen molar-refractivity contribution >= 4 is 29.4 Å². The average Bonchev–Trinajstić information content (AvgIpc) is 3.31. The summed E-state index contributed by atoms with van der Waals surface area (Å²) in [5.41, 5.74) is 2.64. The van der Waals surface area contributed by atoms with Crippen molar-refractivity contribution in [2.75, 3.05) is 38.1 Å². The normalized spacial score (nSPS) is 13.7. The van der Waals surface area contributed by atoms with E-state index < -0.39 is 5.60 Å². The van der Waals surface area contributed by atoms with E-state index in [4.69, 9.17) is 16.3 Å². The van der Waals surface area contributed by atoms with Crippen molar-refractivity contribution in [1.82, 2.24) is 24.6 Å². The third-order valence-electron chi connectivity index (χ3n) is 6.28. The van der Waals surface area contributed by atoms with Gasteiger partial charge in [0.1, 0.15) is 17.5 Å². The lowest BCUT2D eigenvalue weighted by Crippen LogP contribution is -2.50. The molecule has 0 aliphatic carbocycles. The number of pyridine rings is 1. The molecule has 10 nitrogen and oxygen atoms in total. The standard InChI is InChI=1S/C28H32ClN7O3/c1-28(2,3)39-27(38)36-10-8-35(9-11-36)25-21(14-30)12-22(16-31-25)20-6-7-23(24(29)13-20)26(37)33(4)17-19-15-32-34(5)18-19/h6-7,12-13,15-16,18H,8-11,17H2,1-5H3. The number of aryl methyl sites for hydroxylation is 1. The van der Waals surface area contributed by atoms with E-state index in [0.717, 1.165) is 11.1 Å². The molecule has 1 aromatic carbocycles. The number of carbonyl (C=O) groups excluding carboxylic acids is 2. The zero-order valence-corrected chi connectivity index (χ0v) is 23.6. The van der Waals surface area contributed by atoms with Gasteiger partial charge in [-0.05, 0) is 44.5 Å². The first-order valence-electron chi connectivity index (χ1n) is 12.6. The highest BCUT2D eigenvalue weighted by Gasteiger charge is 2.27. The summed E-state index contributed by atoms with van der Waals surface area (Å²) in [7, 11) is 3.54. The van der Waals surface area contributed by atoms with Crippen molar-refractivity contribution in [3.63, 3.8) is 0 Å². The Morgan fingerprint density at radius 2 is 1.85 bits per heavy atom. The van der Waals surface area contributed by atoms with Gasteiger partial charge in [-0.1, -0.05) is 17.7 Å². The highest BCUT2D eigenvalue weighted by molar-refractivity contribution is 6.34. The molecule has 2 amide bonds. The van der Waals surface area contributed by atoms with Crippen LogP contribution in [0.1, 0.15) is 42.3 Å². The van der Waals surface area contributed by atoms with Crippen LogP contribution in [0.25, 0.3) is 11.1 Å². The number of nitrogens with zero attached hydrogens (tertiary/aromatic N) is 7. The second-order valence-electron chi connectivity index (χ2n) is 10.5. The number of amides is 2. The van der Waals surface area contributed by atoms with Crippen LogP contribution < -0.4 is 4.90 Å². The second-order valence-corrected chi connectivity index (χ2v) is 10.9. The van der Waals surface area contributed by atoms with Gasteiger partial charge in [0.15, 0.2) is 0 Å². The molecule has 0 saturated carbocycles. The fourth-order valence-corrected chi connectivity index (χ4v) is 4.61. The summed E-state index contributed by atoms with van der Waals surface area (Å²) in [5.74, 6) is 0.368. The molecule has 3 aromatic rings. The van der Waals surface area contributed by atoms with Crippen molar-refractivity contribution < 1.29 is 14.3 Å². The predicted octanol–water partition coefficient (Wildman–Crippen LogP) is 4.34. The Hall–Kier alpha value is -4.10. The topological polar surface area (TPSA) is 108 Å². The largest absolute Gasteiger partial charge is 0.444 e. The minimum atomic E-state index is -0.552. The number of hydrogen-bond acceptors (Lipinski definition) is 7. The number of nitriles is 1. The van der Waals surface area contributed by atoms with E-state index in [2.05, 4.69) is 16.2 Å². The molecule has 3 heterocycles. The first kappa shape index (κ1) is 27.9. The van der Waals surface area contributed by atoms with Gasteiger partial charge in [0.05, 0.1) is 22.3 Å². The molecular formula is C28H32ClN7O3. The van der Waals surface area contributed by atoms with Crippen LogP contribution in [0.2, 0.25) is 5.02 Å². The molecular weight excluding hydrogens is 518 g/mol. The molecule has 11 heteroatoms. The van der Waals surface area contributed by atoms with Gasteiger partial charge in [0.25, 0.3) is 5.91 Å². The molecule has 0 N–H and O–H groups in total. The number of aromatic nitrogens is 3. The Kier molecular flexibility index (Phi) is 8.11. The van der Waals surface area contributed by atoms with Crippen LogP contribution in [0.4, 0.5) is 10.6 Å². The Bertz CT molecular complexity index is 1420. The fourth-order valence-electron chi connectivity index (χ4n) is 4.35. The summed E-state index contributed by atoms with van der Waals surface area (Å²) in [6, 6.07) is 9.21. The van der Waals surface area contributed by atoms with Crippen LogP contribution in [0, 0.1) is 11.3 Å². The first-order valence-corrected chi connectivity index (χ1v) is 13.0. The molecule has 204 valence electrons. The fraction of sp³-hybridized carbons (Fsp3) is 0.393. The van der Waals surface area contributed by atoms with Crippen molar-refractivity contribution in [3.8, 4) is 17.2 Å². The highest BCUT2D eigenvalue weighted by Crippen LogP contribution is 2.29. The number of piperazine rings is 1. The molecule has 0 radical (unpaired) electrons.